The van der Waals surface area contributed by atoms with Crippen molar-refractivity contribution in [2.45, 2.75) is 70.2 Å². The molecule has 0 radical (unpaired) electrons. The quantitative estimate of drug-likeness (QED) is 0.725. The summed E-state index contributed by atoms with van der Waals surface area (Å²) in [5, 5.41) is 0. The molecule has 3 rings (SSSR count). The highest BCUT2D eigenvalue weighted by Crippen LogP contribution is 2.46. The van der Waals surface area contributed by atoms with Crippen LogP contribution in [-0.4, -0.2) is 49.3 Å². The molecule has 4 nitrogen and oxygen atoms in total. The van der Waals surface area contributed by atoms with E-state index in [9.17, 15) is 13.2 Å². The van der Waals surface area contributed by atoms with E-state index in [4.69, 9.17) is 9.47 Å². The molecule has 0 amide bonds. The van der Waals surface area contributed by atoms with Gasteiger partial charge in [0.15, 0.2) is 6.29 Å². The molecule has 0 bridgehead atoms. The fourth-order valence-electron chi connectivity index (χ4n) is 3.81. The van der Waals surface area contributed by atoms with E-state index in [1.165, 1.54) is 6.07 Å². The maximum absolute atomic E-state index is 13.9. The predicted octanol–water partition coefficient (Wildman–Crippen LogP) is 4.84. The highest BCUT2D eigenvalue weighted by Gasteiger charge is 2.50. The lowest BCUT2D eigenvalue weighted by molar-refractivity contribution is -0.137. The van der Waals surface area contributed by atoms with Crippen LogP contribution in [0.5, 0.6) is 0 Å². The molecule has 0 unspecified atom stereocenters. The fourth-order valence-corrected chi connectivity index (χ4v) is 3.81. The van der Waals surface area contributed by atoms with Crippen LogP contribution >= 0.6 is 0 Å². The van der Waals surface area contributed by atoms with Gasteiger partial charge >= 0.3 is 6.18 Å². The highest BCUT2D eigenvalue weighted by molar-refractivity contribution is 5.57. The molecular weight excluding hydrogens is 369 g/mol. The Morgan fingerprint density at radius 2 is 1.54 bits per heavy atom. The van der Waals surface area contributed by atoms with Gasteiger partial charge in [-0.2, -0.15) is 13.2 Å². The molecule has 1 aromatic rings. The largest absolute Gasteiger partial charge is 0.418 e. The summed E-state index contributed by atoms with van der Waals surface area (Å²) in [6.45, 7) is 8.78. The Kier molecular flexibility index (Phi) is 5.49. The minimum atomic E-state index is -4.44. The number of rotatable bonds is 3. The Morgan fingerprint density at radius 1 is 1.00 bits per heavy atom. The van der Waals surface area contributed by atoms with Gasteiger partial charge in [0, 0.05) is 30.4 Å². The molecule has 0 aliphatic carbocycles. The maximum Gasteiger partial charge on any atom is 0.418 e. The number of hydrogen-bond donors (Lipinski definition) is 0. The fraction of sp³-hybridized carbons (Fsp3) is 0.714. The molecule has 28 heavy (non-hydrogen) atoms. The molecule has 2 aliphatic heterocycles. The number of anilines is 1. The molecule has 1 aromatic carbocycles. The minimum Gasteiger partial charge on any atom is -0.371 e. The predicted molar refractivity (Wildman–Crippen MR) is 103 cm³/mol. The van der Waals surface area contributed by atoms with Gasteiger partial charge in [0.1, 0.15) is 0 Å². The summed E-state index contributed by atoms with van der Waals surface area (Å²) in [5.41, 5.74) is -1.17. The summed E-state index contributed by atoms with van der Waals surface area (Å²) in [4.78, 5) is 3.99. The maximum atomic E-state index is 13.9. The molecule has 7 heteroatoms. The van der Waals surface area contributed by atoms with Crippen LogP contribution in [0, 0.1) is 0 Å². The van der Waals surface area contributed by atoms with Gasteiger partial charge in [0.25, 0.3) is 0 Å². The number of benzene rings is 1. The van der Waals surface area contributed by atoms with Crippen LogP contribution < -0.4 is 4.90 Å². The average molecular weight is 400 g/mol. The lowest BCUT2D eigenvalue weighted by atomic mass is 9.90. The Morgan fingerprint density at radius 3 is 2.00 bits per heavy atom. The normalized spacial score (nSPS) is 23.6. The van der Waals surface area contributed by atoms with Crippen molar-refractivity contribution in [2.75, 3.05) is 32.1 Å². The molecule has 0 aromatic heterocycles. The number of piperidine rings is 1. The van der Waals surface area contributed by atoms with Crippen LogP contribution in [0.4, 0.5) is 18.9 Å². The van der Waals surface area contributed by atoms with Crippen LogP contribution in [0.1, 0.15) is 58.0 Å². The summed E-state index contributed by atoms with van der Waals surface area (Å²) in [6, 6.07) is 4.87. The van der Waals surface area contributed by atoms with Gasteiger partial charge in [-0.05, 0) is 66.8 Å². The van der Waals surface area contributed by atoms with Crippen molar-refractivity contribution in [3.8, 4) is 0 Å². The van der Waals surface area contributed by atoms with Gasteiger partial charge in [0.2, 0.25) is 0 Å². The smallest absolute Gasteiger partial charge is 0.371 e. The zero-order valence-electron chi connectivity index (χ0n) is 17.6. The number of nitrogens with zero attached hydrogens (tertiary/aromatic N) is 2. The van der Waals surface area contributed by atoms with Crippen molar-refractivity contribution < 1.29 is 22.6 Å². The number of ether oxygens (including phenoxy) is 2. The lowest BCUT2D eigenvalue weighted by Gasteiger charge is -2.37. The van der Waals surface area contributed by atoms with E-state index in [0.717, 1.165) is 12.8 Å². The molecule has 0 saturated carbocycles. The van der Waals surface area contributed by atoms with E-state index in [2.05, 4.69) is 4.90 Å². The Balaban J connectivity index is 1.88. The van der Waals surface area contributed by atoms with Gasteiger partial charge in [0.05, 0.1) is 16.8 Å². The van der Waals surface area contributed by atoms with Gasteiger partial charge in [-0.1, -0.05) is 6.07 Å². The van der Waals surface area contributed by atoms with E-state index < -0.39 is 29.2 Å². The van der Waals surface area contributed by atoms with E-state index in [-0.39, 0.29) is 5.69 Å². The van der Waals surface area contributed by atoms with Crippen molar-refractivity contribution >= 4 is 5.69 Å². The third-order valence-corrected chi connectivity index (χ3v) is 6.39. The molecular formula is C21H31F3N2O2. The van der Waals surface area contributed by atoms with Crippen LogP contribution in [0.25, 0.3) is 0 Å². The molecule has 158 valence electrons. The van der Waals surface area contributed by atoms with Crippen molar-refractivity contribution in [1.29, 1.82) is 0 Å². The van der Waals surface area contributed by atoms with Gasteiger partial charge in [-0.15, -0.1) is 0 Å². The number of hydrogen-bond acceptors (Lipinski definition) is 4. The summed E-state index contributed by atoms with van der Waals surface area (Å²) in [6.07, 6.45) is -3.54. The van der Waals surface area contributed by atoms with Gasteiger partial charge in [-0.25, -0.2) is 0 Å². The zero-order chi connectivity index (χ0) is 20.9. The second-order valence-electron chi connectivity index (χ2n) is 9.04. The molecule has 0 atom stereocenters. The van der Waals surface area contributed by atoms with Crippen LogP contribution in [0.2, 0.25) is 0 Å². The second kappa shape index (κ2) is 7.18. The third kappa shape index (κ3) is 4.02. The number of halogens is 3. The first-order valence-electron chi connectivity index (χ1n) is 9.80. The highest BCUT2D eigenvalue weighted by atomic mass is 19.4. The van der Waals surface area contributed by atoms with E-state index in [1.54, 1.807) is 12.1 Å². The first-order chi connectivity index (χ1) is 12.8. The molecule has 2 fully saturated rings. The van der Waals surface area contributed by atoms with Crippen molar-refractivity contribution in [3.63, 3.8) is 0 Å². The third-order valence-electron chi connectivity index (χ3n) is 6.39. The second-order valence-corrected chi connectivity index (χ2v) is 9.04. The van der Waals surface area contributed by atoms with Crippen LogP contribution in [-0.2, 0) is 15.7 Å². The summed E-state index contributed by atoms with van der Waals surface area (Å²) < 4.78 is 53.5. The van der Waals surface area contributed by atoms with Crippen molar-refractivity contribution in [1.82, 2.24) is 4.90 Å². The van der Waals surface area contributed by atoms with E-state index in [0.29, 0.717) is 24.7 Å². The number of alkyl halides is 3. The topological polar surface area (TPSA) is 24.9 Å². The monoisotopic (exact) mass is 400 g/mol. The summed E-state index contributed by atoms with van der Waals surface area (Å²) in [7, 11) is 4.03. The first-order valence-corrected chi connectivity index (χ1v) is 9.80. The SMILES string of the molecule is CN(C)C1CCN(c2ccc(C3OC(C)(C)C(C)(C)O3)cc2C(F)(F)F)CC1. The average Bonchev–Trinajstić information content (AvgIpc) is 2.81. The van der Waals surface area contributed by atoms with Crippen molar-refractivity contribution in [3.05, 3.63) is 29.3 Å². The molecule has 2 saturated heterocycles. The minimum absolute atomic E-state index is 0.241. The van der Waals surface area contributed by atoms with Gasteiger partial charge in [-0.3, -0.25) is 0 Å². The molecule has 2 heterocycles. The van der Waals surface area contributed by atoms with Crippen LogP contribution in [0.15, 0.2) is 18.2 Å². The zero-order valence-corrected chi connectivity index (χ0v) is 17.6. The molecule has 2 aliphatic rings. The standard InChI is InChI=1S/C21H31F3N2O2/c1-19(2)20(3,4)28-18(27-19)14-7-8-17(16(13-14)21(22,23)24)26-11-9-15(10-12-26)25(5)6/h7-8,13,15,18H,9-12H2,1-6H3. The van der Waals surface area contributed by atoms with E-state index >= 15 is 0 Å². The van der Waals surface area contributed by atoms with E-state index in [1.807, 2.05) is 46.7 Å². The Hall–Kier alpha value is -1.31. The summed E-state index contributed by atoms with van der Waals surface area (Å²) in [5.74, 6) is 0. The first kappa shape index (κ1) is 21.4. The van der Waals surface area contributed by atoms with Gasteiger partial charge < -0.3 is 19.3 Å². The molecule has 0 N–H and O–H groups in total. The Bertz CT molecular complexity index is 692. The van der Waals surface area contributed by atoms with Crippen LogP contribution in [0.3, 0.4) is 0 Å². The lowest BCUT2D eigenvalue weighted by Crippen LogP contribution is -2.42. The van der Waals surface area contributed by atoms with Crippen molar-refractivity contribution in [2.24, 2.45) is 0 Å². The Labute approximate surface area is 165 Å². The summed E-state index contributed by atoms with van der Waals surface area (Å²) >= 11 is 0. The molecule has 0 spiro atoms.